The minimum atomic E-state index is -3.73. The molecule has 0 unspecified atom stereocenters. The highest BCUT2D eigenvalue weighted by Gasteiger charge is 2.30. The van der Waals surface area contributed by atoms with Crippen LogP contribution in [0.5, 0.6) is 0 Å². The van der Waals surface area contributed by atoms with Gasteiger partial charge < -0.3 is 5.32 Å². The number of fused-ring (bicyclic) bond motifs is 1. The van der Waals surface area contributed by atoms with Crippen LogP contribution >= 0.6 is 0 Å². The summed E-state index contributed by atoms with van der Waals surface area (Å²) in [7, 11) is -3.73. The maximum Gasteiger partial charge on any atom is 0.251 e. The van der Waals surface area contributed by atoms with E-state index < -0.39 is 15.1 Å². The fourth-order valence-corrected chi connectivity index (χ4v) is 5.12. The smallest absolute Gasteiger partial charge is 0.251 e. The Morgan fingerprint density at radius 2 is 1.60 bits per heavy atom. The quantitative estimate of drug-likeness (QED) is 0.512. The zero-order chi connectivity index (χ0) is 21.0. The fraction of sp³-hybridized carbons (Fsp3) is 0.0833. The minimum absolute atomic E-state index is 0.0645. The standard InChI is InChI=1S/C24H20N2O3S/c27-24(22-14-6-9-18-8-4-5-13-21(18)22)26-17-23(19-10-7-15-25-16-19)30(28,29)20-11-2-1-3-12-20/h1-16,23H,17H2,(H,26,27)/t23-/m0/s1. The first-order valence-corrected chi connectivity index (χ1v) is 11.1. The summed E-state index contributed by atoms with van der Waals surface area (Å²) in [6.45, 7) is -0.0645. The summed E-state index contributed by atoms with van der Waals surface area (Å²) in [5.74, 6) is -0.316. The van der Waals surface area contributed by atoms with Crippen LogP contribution in [0, 0.1) is 0 Å². The Bertz CT molecular complexity index is 1270. The summed E-state index contributed by atoms with van der Waals surface area (Å²) < 4.78 is 26.6. The highest BCUT2D eigenvalue weighted by molar-refractivity contribution is 7.91. The van der Waals surface area contributed by atoms with E-state index >= 15 is 0 Å². The third kappa shape index (κ3) is 3.95. The van der Waals surface area contributed by atoms with Gasteiger partial charge in [-0.25, -0.2) is 8.42 Å². The van der Waals surface area contributed by atoms with E-state index in [1.54, 1.807) is 54.7 Å². The Hall–Kier alpha value is -3.51. The van der Waals surface area contributed by atoms with E-state index in [-0.39, 0.29) is 17.3 Å². The van der Waals surface area contributed by atoms with Crippen LogP contribution < -0.4 is 5.32 Å². The van der Waals surface area contributed by atoms with E-state index in [0.29, 0.717) is 11.1 Å². The number of pyridine rings is 1. The predicted octanol–water partition coefficient (Wildman–Crippen LogP) is 4.18. The Kier molecular flexibility index (Phi) is 5.59. The van der Waals surface area contributed by atoms with Crippen molar-refractivity contribution in [3.05, 3.63) is 108 Å². The van der Waals surface area contributed by atoms with Crippen molar-refractivity contribution in [2.75, 3.05) is 6.54 Å². The van der Waals surface area contributed by atoms with E-state index in [1.807, 2.05) is 36.4 Å². The van der Waals surface area contributed by atoms with Gasteiger partial charge in [0.15, 0.2) is 9.84 Å². The van der Waals surface area contributed by atoms with Gasteiger partial charge in [-0.05, 0) is 40.6 Å². The molecule has 150 valence electrons. The summed E-state index contributed by atoms with van der Waals surface area (Å²) in [5, 5.41) is 3.64. The molecule has 1 atom stereocenters. The molecule has 30 heavy (non-hydrogen) atoms. The molecule has 0 radical (unpaired) electrons. The van der Waals surface area contributed by atoms with Crippen LogP contribution in [-0.4, -0.2) is 25.9 Å². The number of amides is 1. The van der Waals surface area contributed by atoms with Crippen molar-refractivity contribution in [1.82, 2.24) is 10.3 Å². The highest BCUT2D eigenvalue weighted by atomic mass is 32.2. The molecule has 1 heterocycles. The number of hydrogen-bond acceptors (Lipinski definition) is 4. The first-order valence-electron chi connectivity index (χ1n) is 9.52. The minimum Gasteiger partial charge on any atom is -0.350 e. The van der Waals surface area contributed by atoms with Crippen molar-refractivity contribution >= 4 is 26.5 Å². The molecule has 1 aromatic heterocycles. The summed E-state index contributed by atoms with van der Waals surface area (Å²) in [4.78, 5) is 17.2. The van der Waals surface area contributed by atoms with Gasteiger partial charge in [0.2, 0.25) is 0 Å². The SMILES string of the molecule is O=C(NC[C@@H](c1cccnc1)S(=O)(=O)c1ccccc1)c1cccc2ccccc12. The molecule has 3 aromatic carbocycles. The van der Waals surface area contributed by atoms with E-state index in [9.17, 15) is 13.2 Å². The Balaban J connectivity index is 1.65. The Morgan fingerprint density at radius 1 is 0.867 bits per heavy atom. The second-order valence-electron chi connectivity index (χ2n) is 6.87. The van der Waals surface area contributed by atoms with Crippen molar-refractivity contribution in [3.63, 3.8) is 0 Å². The first-order chi connectivity index (χ1) is 14.6. The number of nitrogens with zero attached hydrogens (tertiary/aromatic N) is 1. The van der Waals surface area contributed by atoms with Gasteiger partial charge in [0.05, 0.1) is 4.90 Å². The van der Waals surface area contributed by atoms with Crippen LogP contribution in [-0.2, 0) is 9.84 Å². The van der Waals surface area contributed by atoms with Gasteiger partial charge in [-0.2, -0.15) is 0 Å². The Labute approximate surface area is 175 Å². The molecule has 0 aliphatic rings. The average molecular weight is 417 g/mol. The van der Waals surface area contributed by atoms with Crippen molar-refractivity contribution in [1.29, 1.82) is 0 Å². The molecular weight excluding hydrogens is 396 g/mol. The maximum atomic E-state index is 13.3. The zero-order valence-corrected chi connectivity index (χ0v) is 16.9. The Morgan fingerprint density at radius 3 is 2.37 bits per heavy atom. The molecule has 0 bridgehead atoms. The lowest BCUT2D eigenvalue weighted by atomic mass is 10.0. The number of rotatable bonds is 6. The van der Waals surface area contributed by atoms with E-state index in [4.69, 9.17) is 0 Å². The van der Waals surface area contributed by atoms with Gasteiger partial charge >= 0.3 is 0 Å². The van der Waals surface area contributed by atoms with Gasteiger partial charge in [-0.1, -0.05) is 60.7 Å². The molecule has 1 N–H and O–H groups in total. The number of benzene rings is 3. The topological polar surface area (TPSA) is 76.1 Å². The average Bonchev–Trinajstić information content (AvgIpc) is 2.80. The third-order valence-electron chi connectivity index (χ3n) is 4.98. The number of carbonyl (C=O) groups excluding carboxylic acids is 1. The first kappa shape index (κ1) is 19.8. The fourth-order valence-electron chi connectivity index (χ4n) is 3.45. The molecule has 0 saturated carbocycles. The van der Waals surface area contributed by atoms with E-state index in [0.717, 1.165) is 10.8 Å². The maximum absolute atomic E-state index is 13.3. The number of carbonyl (C=O) groups is 1. The molecule has 5 nitrogen and oxygen atoms in total. The van der Waals surface area contributed by atoms with Crippen LogP contribution in [0.25, 0.3) is 10.8 Å². The van der Waals surface area contributed by atoms with Crippen molar-refractivity contribution in [2.24, 2.45) is 0 Å². The van der Waals surface area contributed by atoms with Gasteiger partial charge in [0.25, 0.3) is 5.91 Å². The van der Waals surface area contributed by atoms with Crippen LogP contribution in [0.4, 0.5) is 0 Å². The van der Waals surface area contributed by atoms with Gasteiger partial charge in [-0.15, -0.1) is 0 Å². The summed E-state index contributed by atoms with van der Waals surface area (Å²) in [6, 6.07) is 24.7. The summed E-state index contributed by atoms with van der Waals surface area (Å²) in [5.41, 5.74) is 1.04. The molecule has 4 aromatic rings. The highest BCUT2D eigenvalue weighted by Crippen LogP contribution is 2.28. The molecule has 4 rings (SSSR count). The molecule has 0 aliphatic carbocycles. The molecule has 0 saturated heterocycles. The molecule has 0 spiro atoms. The summed E-state index contributed by atoms with van der Waals surface area (Å²) >= 11 is 0. The molecule has 6 heteroatoms. The lowest BCUT2D eigenvalue weighted by Crippen LogP contribution is -2.32. The van der Waals surface area contributed by atoms with Crippen LogP contribution in [0.2, 0.25) is 0 Å². The van der Waals surface area contributed by atoms with Gasteiger partial charge in [-0.3, -0.25) is 9.78 Å². The zero-order valence-electron chi connectivity index (χ0n) is 16.1. The summed E-state index contributed by atoms with van der Waals surface area (Å²) in [6.07, 6.45) is 3.11. The number of hydrogen-bond donors (Lipinski definition) is 1. The van der Waals surface area contributed by atoms with Gasteiger partial charge in [0.1, 0.15) is 5.25 Å². The van der Waals surface area contributed by atoms with E-state index in [2.05, 4.69) is 10.3 Å². The van der Waals surface area contributed by atoms with Crippen molar-refractivity contribution in [3.8, 4) is 0 Å². The number of sulfone groups is 1. The van der Waals surface area contributed by atoms with Crippen LogP contribution in [0.15, 0.2) is 102 Å². The largest absolute Gasteiger partial charge is 0.350 e. The van der Waals surface area contributed by atoms with Crippen molar-refractivity contribution < 1.29 is 13.2 Å². The van der Waals surface area contributed by atoms with Crippen LogP contribution in [0.3, 0.4) is 0 Å². The second kappa shape index (κ2) is 8.47. The molecule has 1 amide bonds. The lowest BCUT2D eigenvalue weighted by molar-refractivity contribution is 0.0955. The predicted molar refractivity (Wildman–Crippen MR) is 117 cm³/mol. The van der Waals surface area contributed by atoms with Gasteiger partial charge in [0, 0.05) is 24.5 Å². The van der Waals surface area contributed by atoms with Crippen LogP contribution in [0.1, 0.15) is 21.2 Å². The lowest BCUT2D eigenvalue weighted by Gasteiger charge is -2.19. The number of nitrogens with one attached hydrogen (secondary N) is 1. The molecule has 0 aliphatic heterocycles. The second-order valence-corrected chi connectivity index (χ2v) is 9.00. The normalized spacial score (nSPS) is 12.4. The van der Waals surface area contributed by atoms with E-state index in [1.165, 1.54) is 6.20 Å². The van der Waals surface area contributed by atoms with Crippen molar-refractivity contribution in [2.45, 2.75) is 10.1 Å². The number of aromatic nitrogens is 1. The molecular formula is C24H20N2O3S. The molecule has 0 fully saturated rings. The monoisotopic (exact) mass is 416 g/mol. The third-order valence-corrected chi connectivity index (χ3v) is 7.10.